The molecule has 0 aliphatic carbocycles. The van der Waals surface area contributed by atoms with Crippen LogP contribution in [0.3, 0.4) is 0 Å². The quantitative estimate of drug-likeness (QED) is 0.508. The van der Waals surface area contributed by atoms with E-state index in [1.165, 1.54) is 16.5 Å². The second kappa shape index (κ2) is 8.11. The molecule has 1 aliphatic heterocycles. The molecule has 1 saturated heterocycles. The lowest BCUT2D eigenvalue weighted by Gasteiger charge is -2.46. The summed E-state index contributed by atoms with van der Waals surface area (Å²) in [6, 6.07) is 8.67. The monoisotopic (exact) mass is 434 g/mol. The standard InChI is InChI=1S/C27H38N4O/c1-17(2)31-15-18(3)25-22(31)10-21(20-8-9-24(28)29-14-20)11-23(25)32-16-19-12-26(4,5)30-27(6,7)13-19/h8-11,14-15,17,19,30H,12-13,16H2,1-7H3,(H2,28,29). The Labute approximate surface area is 192 Å². The van der Waals surface area contributed by atoms with Gasteiger partial charge in [-0.25, -0.2) is 4.98 Å². The topological polar surface area (TPSA) is 65.1 Å². The predicted molar refractivity (Wildman–Crippen MR) is 134 cm³/mol. The number of nitrogens with zero attached hydrogens (tertiary/aromatic N) is 2. The van der Waals surface area contributed by atoms with Crippen molar-refractivity contribution in [2.75, 3.05) is 12.3 Å². The summed E-state index contributed by atoms with van der Waals surface area (Å²) in [6.07, 6.45) is 6.29. The molecule has 3 N–H and O–H groups in total. The number of hydrogen-bond donors (Lipinski definition) is 2. The maximum Gasteiger partial charge on any atom is 0.129 e. The first-order valence-electron chi connectivity index (χ1n) is 11.7. The van der Waals surface area contributed by atoms with Crippen LogP contribution < -0.4 is 15.8 Å². The lowest BCUT2D eigenvalue weighted by Crippen LogP contribution is -2.58. The van der Waals surface area contributed by atoms with Crippen LogP contribution in [0.25, 0.3) is 22.0 Å². The maximum absolute atomic E-state index is 6.62. The zero-order valence-corrected chi connectivity index (χ0v) is 20.6. The number of piperidine rings is 1. The van der Waals surface area contributed by atoms with Gasteiger partial charge in [0.25, 0.3) is 0 Å². The summed E-state index contributed by atoms with van der Waals surface area (Å²) in [5, 5.41) is 4.98. The molecule has 1 aromatic carbocycles. The number of rotatable bonds is 5. The molecule has 1 fully saturated rings. The molecule has 1 aliphatic rings. The number of benzene rings is 1. The number of aromatic nitrogens is 2. The molecule has 0 radical (unpaired) electrons. The molecule has 2 aromatic heterocycles. The largest absolute Gasteiger partial charge is 0.493 e. The summed E-state index contributed by atoms with van der Waals surface area (Å²) in [5.74, 6) is 2.00. The summed E-state index contributed by atoms with van der Waals surface area (Å²) in [5.41, 5.74) is 10.6. The molecule has 172 valence electrons. The fourth-order valence-electron chi connectivity index (χ4n) is 5.69. The Balaban J connectivity index is 1.73. The molecule has 0 amide bonds. The number of pyridine rings is 1. The van der Waals surface area contributed by atoms with Gasteiger partial charge in [-0.15, -0.1) is 0 Å². The zero-order valence-electron chi connectivity index (χ0n) is 20.6. The molecule has 32 heavy (non-hydrogen) atoms. The number of anilines is 1. The lowest BCUT2D eigenvalue weighted by atomic mass is 9.76. The van der Waals surface area contributed by atoms with Gasteiger partial charge in [0.15, 0.2) is 0 Å². The van der Waals surface area contributed by atoms with Gasteiger partial charge in [-0.2, -0.15) is 0 Å². The van der Waals surface area contributed by atoms with Crippen LogP contribution in [-0.2, 0) is 0 Å². The van der Waals surface area contributed by atoms with Crippen molar-refractivity contribution in [1.82, 2.24) is 14.9 Å². The van der Waals surface area contributed by atoms with Crippen molar-refractivity contribution >= 4 is 16.7 Å². The molecule has 5 nitrogen and oxygen atoms in total. The normalized spacial score (nSPS) is 18.4. The Morgan fingerprint density at radius 3 is 2.41 bits per heavy atom. The highest BCUT2D eigenvalue weighted by atomic mass is 16.5. The van der Waals surface area contributed by atoms with Gasteiger partial charge >= 0.3 is 0 Å². The number of nitrogens with one attached hydrogen (secondary N) is 1. The minimum absolute atomic E-state index is 0.111. The van der Waals surface area contributed by atoms with Crippen molar-refractivity contribution in [2.45, 2.75) is 78.4 Å². The predicted octanol–water partition coefficient (Wildman–Crippen LogP) is 6.11. The Morgan fingerprint density at radius 2 is 1.81 bits per heavy atom. The van der Waals surface area contributed by atoms with Crippen molar-refractivity contribution in [3.63, 3.8) is 0 Å². The highest BCUT2D eigenvalue weighted by molar-refractivity contribution is 5.94. The Hall–Kier alpha value is -2.53. The van der Waals surface area contributed by atoms with Gasteiger partial charge in [0.2, 0.25) is 0 Å². The van der Waals surface area contributed by atoms with Crippen molar-refractivity contribution in [1.29, 1.82) is 0 Å². The van der Waals surface area contributed by atoms with Gasteiger partial charge in [0, 0.05) is 40.5 Å². The van der Waals surface area contributed by atoms with Crippen LogP contribution in [0.4, 0.5) is 5.82 Å². The molecule has 0 bridgehead atoms. The van der Waals surface area contributed by atoms with E-state index in [4.69, 9.17) is 10.5 Å². The van der Waals surface area contributed by atoms with E-state index in [0.717, 1.165) is 36.3 Å². The third kappa shape index (κ3) is 4.63. The van der Waals surface area contributed by atoms with E-state index in [9.17, 15) is 0 Å². The van der Waals surface area contributed by atoms with Crippen LogP contribution in [0.2, 0.25) is 0 Å². The minimum atomic E-state index is 0.111. The summed E-state index contributed by atoms with van der Waals surface area (Å²) >= 11 is 0. The van der Waals surface area contributed by atoms with Crippen molar-refractivity contribution in [3.8, 4) is 16.9 Å². The van der Waals surface area contributed by atoms with Crippen LogP contribution in [0.1, 0.15) is 66.0 Å². The summed E-state index contributed by atoms with van der Waals surface area (Å²) in [6.45, 7) is 16.5. The van der Waals surface area contributed by atoms with Crippen molar-refractivity contribution in [2.24, 2.45) is 5.92 Å². The molecular weight excluding hydrogens is 396 g/mol. The van der Waals surface area contributed by atoms with Gasteiger partial charge in [-0.3, -0.25) is 0 Å². The van der Waals surface area contributed by atoms with E-state index in [0.29, 0.717) is 17.8 Å². The Bertz CT molecular complexity index is 1090. The summed E-state index contributed by atoms with van der Waals surface area (Å²) in [4.78, 5) is 4.30. The van der Waals surface area contributed by atoms with Gasteiger partial charge in [-0.1, -0.05) is 0 Å². The summed E-state index contributed by atoms with van der Waals surface area (Å²) in [7, 11) is 0. The third-order valence-corrected chi connectivity index (χ3v) is 6.51. The van der Waals surface area contributed by atoms with E-state index in [1.807, 2.05) is 18.3 Å². The number of ether oxygens (including phenoxy) is 1. The Kier molecular flexibility index (Phi) is 5.74. The van der Waals surface area contributed by atoms with E-state index in [2.05, 4.69) is 81.7 Å². The molecule has 0 spiro atoms. The highest BCUT2D eigenvalue weighted by Gasteiger charge is 2.37. The molecular formula is C27H38N4O. The third-order valence-electron chi connectivity index (χ3n) is 6.51. The smallest absolute Gasteiger partial charge is 0.129 e. The molecule has 0 saturated carbocycles. The number of nitrogens with two attached hydrogens (primary N) is 1. The fourth-order valence-corrected chi connectivity index (χ4v) is 5.69. The summed E-state index contributed by atoms with van der Waals surface area (Å²) < 4.78 is 8.95. The van der Waals surface area contributed by atoms with Gasteiger partial charge in [0.1, 0.15) is 11.6 Å². The van der Waals surface area contributed by atoms with Gasteiger partial charge < -0.3 is 20.4 Å². The van der Waals surface area contributed by atoms with Crippen LogP contribution >= 0.6 is 0 Å². The number of nitrogen functional groups attached to an aromatic ring is 1. The number of aryl methyl sites for hydroxylation is 1. The maximum atomic E-state index is 6.62. The van der Waals surface area contributed by atoms with Crippen LogP contribution in [0.5, 0.6) is 5.75 Å². The van der Waals surface area contributed by atoms with E-state index in [1.54, 1.807) is 0 Å². The van der Waals surface area contributed by atoms with Crippen LogP contribution in [-0.4, -0.2) is 27.2 Å². The van der Waals surface area contributed by atoms with E-state index in [-0.39, 0.29) is 11.1 Å². The van der Waals surface area contributed by atoms with Crippen molar-refractivity contribution in [3.05, 3.63) is 42.2 Å². The van der Waals surface area contributed by atoms with Crippen LogP contribution in [0.15, 0.2) is 36.7 Å². The molecule has 3 heterocycles. The van der Waals surface area contributed by atoms with E-state index < -0.39 is 0 Å². The zero-order chi connectivity index (χ0) is 23.3. The molecule has 3 aromatic rings. The highest BCUT2D eigenvalue weighted by Crippen LogP contribution is 2.39. The average molecular weight is 435 g/mol. The fraction of sp³-hybridized carbons (Fsp3) is 0.519. The molecule has 4 rings (SSSR count). The number of fused-ring (bicyclic) bond motifs is 1. The second-order valence-electron chi connectivity index (χ2n) is 11.1. The molecule has 5 heteroatoms. The van der Waals surface area contributed by atoms with Gasteiger partial charge in [0.05, 0.1) is 12.1 Å². The molecule has 0 atom stereocenters. The SMILES string of the molecule is Cc1cn(C(C)C)c2cc(-c3ccc(N)nc3)cc(OCC3CC(C)(C)NC(C)(C)C3)c12. The van der Waals surface area contributed by atoms with Crippen molar-refractivity contribution < 1.29 is 4.74 Å². The van der Waals surface area contributed by atoms with Crippen LogP contribution in [0, 0.1) is 12.8 Å². The first kappa shape index (κ1) is 22.7. The second-order valence-corrected chi connectivity index (χ2v) is 11.1. The van der Waals surface area contributed by atoms with E-state index >= 15 is 0 Å². The lowest BCUT2D eigenvalue weighted by molar-refractivity contribution is 0.0940. The van der Waals surface area contributed by atoms with Gasteiger partial charge in [-0.05, 0) is 103 Å². The average Bonchev–Trinajstić information content (AvgIpc) is 3.01. The molecule has 0 unspecified atom stereocenters. The Morgan fingerprint density at radius 1 is 1.12 bits per heavy atom. The number of hydrogen-bond acceptors (Lipinski definition) is 4. The first-order chi connectivity index (χ1) is 14.9. The minimum Gasteiger partial charge on any atom is -0.493 e. The first-order valence-corrected chi connectivity index (χ1v) is 11.7.